The number of hydrogen-bond donors (Lipinski definition) is 1. The van der Waals surface area contributed by atoms with Gasteiger partial charge in [0.1, 0.15) is 11.8 Å². The molecule has 26 heavy (non-hydrogen) atoms. The standard InChI is InChI=1S/C20H18N4O2/c1-24-19(13-23-25)16(12-21)11-18(14-3-5-17(26-2)6-4-14)20(24)15-7-9-22-10-8-15/h3-11,13,19,25H,1-2H3/b23-13+. The zero-order valence-corrected chi connectivity index (χ0v) is 14.5. The summed E-state index contributed by atoms with van der Waals surface area (Å²) in [4.78, 5) is 6.00. The molecule has 1 aliphatic heterocycles. The fraction of sp³-hybridized carbons (Fsp3) is 0.150. The molecule has 0 spiro atoms. The highest BCUT2D eigenvalue weighted by molar-refractivity contribution is 5.99. The molecule has 130 valence electrons. The summed E-state index contributed by atoms with van der Waals surface area (Å²) in [5, 5.41) is 21.7. The van der Waals surface area contributed by atoms with Gasteiger partial charge in [0.25, 0.3) is 0 Å². The van der Waals surface area contributed by atoms with Crippen LogP contribution in [-0.2, 0) is 0 Å². The van der Waals surface area contributed by atoms with Crippen molar-refractivity contribution in [3.05, 3.63) is 71.6 Å². The number of allylic oxidation sites excluding steroid dienone is 2. The summed E-state index contributed by atoms with van der Waals surface area (Å²) < 4.78 is 5.23. The first-order chi connectivity index (χ1) is 12.7. The average Bonchev–Trinajstić information content (AvgIpc) is 2.70. The fourth-order valence-electron chi connectivity index (χ4n) is 3.05. The van der Waals surface area contributed by atoms with Crippen molar-refractivity contribution >= 4 is 17.5 Å². The molecule has 1 aromatic heterocycles. The second-order valence-electron chi connectivity index (χ2n) is 5.76. The van der Waals surface area contributed by atoms with Gasteiger partial charge < -0.3 is 14.8 Å². The summed E-state index contributed by atoms with van der Waals surface area (Å²) >= 11 is 0. The van der Waals surface area contributed by atoms with E-state index in [9.17, 15) is 5.26 Å². The molecule has 0 amide bonds. The van der Waals surface area contributed by atoms with E-state index in [1.807, 2.05) is 54.4 Å². The normalized spacial score (nSPS) is 17.2. The summed E-state index contributed by atoms with van der Waals surface area (Å²) in [5.74, 6) is 0.763. The fourth-order valence-corrected chi connectivity index (χ4v) is 3.05. The first-order valence-electron chi connectivity index (χ1n) is 8.00. The second kappa shape index (κ2) is 7.53. The van der Waals surface area contributed by atoms with Crippen LogP contribution in [0.2, 0.25) is 0 Å². The summed E-state index contributed by atoms with van der Waals surface area (Å²) in [6.45, 7) is 0. The van der Waals surface area contributed by atoms with Gasteiger partial charge in [0.2, 0.25) is 0 Å². The number of benzene rings is 1. The summed E-state index contributed by atoms with van der Waals surface area (Å²) in [6, 6.07) is 13.3. The molecule has 0 saturated heterocycles. The van der Waals surface area contributed by atoms with Crippen molar-refractivity contribution in [1.82, 2.24) is 9.88 Å². The molecule has 2 heterocycles. The molecule has 2 aromatic rings. The zero-order valence-electron chi connectivity index (χ0n) is 14.5. The highest BCUT2D eigenvalue weighted by Crippen LogP contribution is 2.36. The largest absolute Gasteiger partial charge is 0.497 e. The Balaban J connectivity index is 2.23. The highest BCUT2D eigenvalue weighted by atomic mass is 16.5. The highest BCUT2D eigenvalue weighted by Gasteiger charge is 2.28. The lowest BCUT2D eigenvalue weighted by Gasteiger charge is -2.34. The molecule has 1 aliphatic rings. The van der Waals surface area contributed by atoms with Gasteiger partial charge in [-0.2, -0.15) is 5.26 Å². The molecule has 1 N–H and O–H groups in total. The number of nitriles is 1. The number of hydrogen-bond acceptors (Lipinski definition) is 6. The van der Waals surface area contributed by atoms with Crippen LogP contribution in [0, 0.1) is 11.3 Å². The molecule has 0 fully saturated rings. The van der Waals surface area contributed by atoms with Crippen molar-refractivity contribution in [1.29, 1.82) is 5.26 Å². The number of rotatable bonds is 4. The smallest absolute Gasteiger partial charge is 0.118 e. The number of nitrogens with zero attached hydrogens (tertiary/aromatic N) is 4. The van der Waals surface area contributed by atoms with E-state index in [1.54, 1.807) is 19.5 Å². The Morgan fingerprint density at radius 2 is 1.88 bits per heavy atom. The van der Waals surface area contributed by atoms with E-state index in [0.29, 0.717) is 5.57 Å². The Morgan fingerprint density at radius 1 is 1.19 bits per heavy atom. The third-order valence-corrected chi connectivity index (χ3v) is 4.34. The number of aromatic nitrogens is 1. The van der Waals surface area contributed by atoms with E-state index in [-0.39, 0.29) is 0 Å². The summed E-state index contributed by atoms with van der Waals surface area (Å²) in [7, 11) is 3.49. The van der Waals surface area contributed by atoms with Crippen LogP contribution in [-0.4, -0.2) is 41.5 Å². The minimum Gasteiger partial charge on any atom is -0.497 e. The first kappa shape index (κ1) is 17.2. The molecule has 3 rings (SSSR count). The van der Waals surface area contributed by atoms with Crippen molar-refractivity contribution in [2.45, 2.75) is 6.04 Å². The van der Waals surface area contributed by atoms with E-state index in [2.05, 4.69) is 16.2 Å². The second-order valence-corrected chi connectivity index (χ2v) is 5.76. The van der Waals surface area contributed by atoms with Gasteiger partial charge >= 0.3 is 0 Å². The molecule has 6 heteroatoms. The Kier molecular flexibility index (Phi) is 4.99. The quantitative estimate of drug-likeness (QED) is 0.522. The Morgan fingerprint density at radius 3 is 2.46 bits per heavy atom. The van der Waals surface area contributed by atoms with Crippen molar-refractivity contribution in [2.24, 2.45) is 5.16 Å². The molecule has 0 saturated carbocycles. The van der Waals surface area contributed by atoms with Crippen molar-refractivity contribution < 1.29 is 9.94 Å². The van der Waals surface area contributed by atoms with E-state index >= 15 is 0 Å². The lowest BCUT2D eigenvalue weighted by molar-refractivity contribution is 0.316. The van der Waals surface area contributed by atoms with Crippen LogP contribution in [0.15, 0.2) is 65.6 Å². The Bertz CT molecular complexity index is 909. The van der Waals surface area contributed by atoms with Gasteiger partial charge in [-0.3, -0.25) is 4.98 Å². The van der Waals surface area contributed by atoms with Crippen LogP contribution in [0.1, 0.15) is 11.1 Å². The molecule has 0 bridgehead atoms. The molecular weight excluding hydrogens is 328 g/mol. The first-order valence-corrected chi connectivity index (χ1v) is 8.00. The monoisotopic (exact) mass is 346 g/mol. The average molecular weight is 346 g/mol. The third kappa shape index (κ3) is 3.15. The molecular formula is C20H18N4O2. The summed E-state index contributed by atoms with van der Waals surface area (Å²) in [5.41, 5.74) is 4.23. The van der Waals surface area contributed by atoms with Gasteiger partial charge in [-0.1, -0.05) is 17.3 Å². The molecule has 0 aliphatic carbocycles. The van der Waals surface area contributed by atoms with Gasteiger partial charge in [0.15, 0.2) is 0 Å². The van der Waals surface area contributed by atoms with Crippen LogP contribution in [0.5, 0.6) is 5.75 Å². The maximum Gasteiger partial charge on any atom is 0.118 e. The van der Waals surface area contributed by atoms with E-state index in [0.717, 1.165) is 28.1 Å². The van der Waals surface area contributed by atoms with Gasteiger partial charge in [-0.05, 0) is 35.9 Å². The SMILES string of the molecule is COc1ccc(C2=C(c3ccncc3)N(C)C(/C=N/O)C(C#N)=C2)cc1. The van der Waals surface area contributed by atoms with E-state index in [4.69, 9.17) is 9.94 Å². The topological polar surface area (TPSA) is 81.7 Å². The predicted molar refractivity (Wildman–Crippen MR) is 99.6 cm³/mol. The van der Waals surface area contributed by atoms with Crippen molar-refractivity contribution in [2.75, 3.05) is 14.2 Å². The third-order valence-electron chi connectivity index (χ3n) is 4.34. The van der Waals surface area contributed by atoms with Crippen LogP contribution >= 0.6 is 0 Å². The van der Waals surface area contributed by atoms with Gasteiger partial charge in [0.05, 0.1) is 30.7 Å². The minimum atomic E-state index is -0.449. The van der Waals surface area contributed by atoms with E-state index in [1.165, 1.54) is 6.21 Å². The zero-order chi connectivity index (χ0) is 18.5. The van der Waals surface area contributed by atoms with E-state index < -0.39 is 6.04 Å². The van der Waals surface area contributed by atoms with Crippen LogP contribution in [0.25, 0.3) is 11.3 Å². The molecule has 1 atom stereocenters. The lowest BCUT2D eigenvalue weighted by Crippen LogP contribution is -2.36. The maximum atomic E-state index is 9.57. The van der Waals surface area contributed by atoms with Gasteiger partial charge in [-0.15, -0.1) is 0 Å². The number of methoxy groups -OCH3 is 1. The number of oxime groups is 1. The molecule has 6 nitrogen and oxygen atoms in total. The van der Waals surface area contributed by atoms with Gasteiger partial charge in [0, 0.05) is 30.6 Å². The Hall–Kier alpha value is -3.59. The van der Waals surface area contributed by atoms with Crippen LogP contribution < -0.4 is 4.74 Å². The molecule has 1 unspecified atom stereocenters. The number of ether oxygens (including phenoxy) is 1. The van der Waals surface area contributed by atoms with Crippen molar-refractivity contribution in [3.8, 4) is 11.8 Å². The maximum absolute atomic E-state index is 9.57. The minimum absolute atomic E-state index is 0.449. The van der Waals surface area contributed by atoms with Crippen molar-refractivity contribution in [3.63, 3.8) is 0 Å². The molecule has 1 aromatic carbocycles. The van der Waals surface area contributed by atoms with Gasteiger partial charge in [-0.25, -0.2) is 0 Å². The summed E-state index contributed by atoms with van der Waals surface area (Å²) in [6.07, 6.45) is 6.63. The predicted octanol–water partition coefficient (Wildman–Crippen LogP) is 3.18. The number of likely N-dealkylation sites (N-methyl/N-ethyl adjacent to an activating group) is 1. The lowest BCUT2D eigenvalue weighted by atomic mass is 9.90. The van der Waals surface area contributed by atoms with Crippen LogP contribution in [0.3, 0.4) is 0 Å². The molecule has 0 radical (unpaired) electrons. The number of pyridine rings is 1. The van der Waals surface area contributed by atoms with Crippen LogP contribution in [0.4, 0.5) is 0 Å². The Labute approximate surface area is 152 Å².